The van der Waals surface area contributed by atoms with E-state index in [4.69, 9.17) is 0 Å². The van der Waals surface area contributed by atoms with Gasteiger partial charge in [-0.25, -0.2) is 4.79 Å². The Morgan fingerprint density at radius 1 is 1.37 bits per heavy atom. The Kier molecular flexibility index (Phi) is 3.59. The lowest BCUT2D eigenvalue weighted by Gasteiger charge is -2.56. The third-order valence-corrected chi connectivity index (χ3v) is 5.86. The molecule has 19 heavy (non-hydrogen) atoms. The van der Waals surface area contributed by atoms with E-state index in [-0.39, 0.29) is 16.6 Å². The molecule has 3 nitrogen and oxygen atoms in total. The fourth-order valence-corrected chi connectivity index (χ4v) is 4.01. The van der Waals surface area contributed by atoms with Crippen LogP contribution in [-0.4, -0.2) is 18.9 Å². The number of hydrogen-bond donors (Lipinski definition) is 0. The Morgan fingerprint density at radius 3 is 2.68 bits per heavy atom. The van der Waals surface area contributed by atoms with E-state index in [2.05, 4.69) is 25.5 Å². The number of carbonyl (C=O) groups is 2. The van der Waals surface area contributed by atoms with Gasteiger partial charge < -0.3 is 4.74 Å². The van der Waals surface area contributed by atoms with E-state index in [1.165, 1.54) is 19.6 Å². The minimum Gasteiger partial charge on any atom is -0.466 e. The fraction of sp³-hybridized carbons (Fsp3) is 0.750. The third-order valence-electron chi connectivity index (χ3n) is 5.86. The highest BCUT2D eigenvalue weighted by molar-refractivity contribution is 6.05. The number of rotatable bonds is 1. The molecule has 0 saturated heterocycles. The average Bonchev–Trinajstić information content (AvgIpc) is 2.38. The normalized spacial score (nSPS) is 40.9. The van der Waals surface area contributed by atoms with Gasteiger partial charge in [-0.1, -0.05) is 33.6 Å². The Labute approximate surface area is 115 Å². The van der Waals surface area contributed by atoms with Crippen LogP contribution in [-0.2, 0) is 14.3 Å². The monoisotopic (exact) mass is 264 g/mol. The zero-order chi connectivity index (χ0) is 14.3. The molecule has 0 heterocycles. The Hall–Kier alpha value is -1.12. The molecular formula is C16H24O3. The van der Waals surface area contributed by atoms with Crippen LogP contribution < -0.4 is 0 Å². The van der Waals surface area contributed by atoms with Crippen molar-refractivity contribution < 1.29 is 14.3 Å². The van der Waals surface area contributed by atoms with Crippen LogP contribution in [0.2, 0.25) is 0 Å². The summed E-state index contributed by atoms with van der Waals surface area (Å²) < 4.78 is 4.65. The molecule has 0 spiro atoms. The van der Waals surface area contributed by atoms with Crippen LogP contribution in [0.4, 0.5) is 0 Å². The maximum atomic E-state index is 12.8. The zero-order valence-corrected chi connectivity index (χ0v) is 12.4. The number of methoxy groups -OCH3 is 1. The van der Waals surface area contributed by atoms with Crippen LogP contribution in [0.15, 0.2) is 11.6 Å². The highest BCUT2D eigenvalue weighted by atomic mass is 16.5. The maximum Gasteiger partial charge on any atom is 0.330 e. The molecule has 0 N–H and O–H groups in total. The van der Waals surface area contributed by atoms with E-state index in [1.807, 2.05) is 0 Å². The molecule has 2 aliphatic carbocycles. The van der Waals surface area contributed by atoms with Crippen molar-refractivity contribution in [2.24, 2.45) is 16.7 Å². The highest BCUT2D eigenvalue weighted by Gasteiger charge is 2.56. The zero-order valence-electron chi connectivity index (χ0n) is 12.4. The van der Waals surface area contributed by atoms with Gasteiger partial charge in [0, 0.05) is 17.1 Å². The summed E-state index contributed by atoms with van der Waals surface area (Å²) in [5.41, 5.74) is 0.402. The minimum atomic E-state index is -0.417. The summed E-state index contributed by atoms with van der Waals surface area (Å²) in [4.78, 5) is 24.2. The van der Waals surface area contributed by atoms with Crippen LogP contribution in [0.1, 0.15) is 52.9 Å². The number of fused-ring (bicyclic) bond motifs is 1. The standard InChI is InChI=1S/C16H24O3/c1-11-6-5-8-16(3)14(18)12(10-13(17)19-4)7-9-15(11,16)2/h10-11H,5-9H2,1-4H3/t11-,15+,16+/m0/s1. The molecule has 2 aliphatic rings. The number of hydrogen-bond acceptors (Lipinski definition) is 3. The minimum absolute atomic E-state index is 0.0653. The highest BCUT2D eigenvalue weighted by Crippen LogP contribution is 2.60. The number of allylic oxidation sites excluding steroid dienone is 1. The molecule has 0 aromatic carbocycles. The smallest absolute Gasteiger partial charge is 0.330 e. The van der Waals surface area contributed by atoms with Gasteiger partial charge in [0.15, 0.2) is 5.78 Å². The molecular weight excluding hydrogens is 240 g/mol. The average molecular weight is 264 g/mol. The van der Waals surface area contributed by atoms with Crippen LogP contribution in [0.3, 0.4) is 0 Å². The van der Waals surface area contributed by atoms with Gasteiger partial charge in [-0.05, 0) is 30.6 Å². The summed E-state index contributed by atoms with van der Waals surface area (Å²) in [5.74, 6) is 0.312. The van der Waals surface area contributed by atoms with Gasteiger partial charge in [-0.2, -0.15) is 0 Å². The van der Waals surface area contributed by atoms with Crippen molar-refractivity contribution in [3.63, 3.8) is 0 Å². The van der Waals surface area contributed by atoms with E-state index >= 15 is 0 Å². The molecule has 3 atom stereocenters. The summed E-state index contributed by atoms with van der Waals surface area (Å²) in [6, 6.07) is 0. The predicted molar refractivity (Wildman–Crippen MR) is 73.6 cm³/mol. The molecule has 106 valence electrons. The Morgan fingerprint density at radius 2 is 2.05 bits per heavy atom. The van der Waals surface area contributed by atoms with Crippen LogP contribution in [0.5, 0.6) is 0 Å². The van der Waals surface area contributed by atoms with E-state index < -0.39 is 5.97 Å². The first-order chi connectivity index (χ1) is 8.85. The molecule has 0 unspecified atom stereocenters. The molecule has 0 radical (unpaired) electrons. The second-order valence-electron chi connectivity index (χ2n) is 6.56. The van der Waals surface area contributed by atoms with E-state index in [0.29, 0.717) is 17.9 Å². The van der Waals surface area contributed by atoms with E-state index in [1.54, 1.807) is 0 Å². The first kappa shape index (κ1) is 14.3. The summed E-state index contributed by atoms with van der Waals surface area (Å²) in [6.07, 6.45) is 6.32. The van der Waals surface area contributed by atoms with Gasteiger partial charge >= 0.3 is 5.97 Å². The molecule has 3 heteroatoms. The van der Waals surface area contributed by atoms with Gasteiger partial charge in [-0.3, -0.25) is 4.79 Å². The molecule has 0 bridgehead atoms. The SMILES string of the molecule is COC(=O)C=C1CC[C@]2(C)[C@@H](C)CCC[C@]2(C)C1=O. The number of ether oxygens (including phenoxy) is 1. The summed E-state index contributed by atoms with van der Waals surface area (Å²) in [6.45, 7) is 6.61. The van der Waals surface area contributed by atoms with Crippen molar-refractivity contribution in [3.8, 4) is 0 Å². The fourth-order valence-electron chi connectivity index (χ4n) is 4.01. The summed E-state index contributed by atoms with van der Waals surface area (Å²) in [7, 11) is 1.35. The van der Waals surface area contributed by atoms with Crippen LogP contribution in [0.25, 0.3) is 0 Å². The summed E-state index contributed by atoms with van der Waals surface area (Å²) in [5, 5.41) is 0. The van der Waals surface area contributed by atoms with Crippen molar-refractivity contribution in [1.29, 1.82) is 0 Å². The van der Waals surface area contributed by atoms with Crippen LogP contribution in [0, 0.1) is 16.7 Å². The molecule has 2 fully saturated rings. The molecule has 0 amide bonds. The first-order valence-corrected chi connectivity index (χ1v) is 7.18. The lowest BCUT2D eigenvalue weighted by molar-refractivity contribution is -0.144. The topological polar surface area (TPSA) is 43.4 Å². The molecule has 2 saturated carbocycles. The van der Waals surface area contributed by atoms with Crippen molar-refractivity contribution in [2.45, 2.75) is 52.9 Å². The number of ketones is 1. The van der Waals surface area contributed by atoms with E-state index in [9.17, 15) is 9.59 Å². The largest absolute Gasteiger partial charge is 0.466 e. The van der Waals surface area contributed by atoms with Gasteiger partial charge in [-0.15, -0.1) is 0 Å². The molecule has 0 aliphatic heterocycles. The second-order valence-corrected chi connectivity index (χ2v) is 6.56. The molecule has 0 aromatic rings. The quantitative estimate of drug-likeness (QED) is 0.539. The predicted octanol–water partition coefficient (Wildman–Crippen LogP) is 3.28. The maximum absolute atomic E-state index is 12.8. The van der Waals surface area contributed by atoms with Crippen LogP contribution >= 0.6 is 0 Å². The van der Waals surface area contributed by atoms with Crippen molar-refractivity contribution >= 4 is 11.8 Å². The third kappa shape index (κ3) is 2.03. The van der Waals surface area contributed by atoms with Gasteiger partial charge in [0.2, 0.25) is 0 Å². The van der Waals surface area contributed by atoms with Gasteiger partial charge in [0.1, 0.15) is 0 Å². The summed E-state index contributed by atoms with van der Waals surface area (Å²) >= 11 is 0. The molecule has 0 aromatic heterocycles. The Bertz CT molecular complexity index is 437. The number of esters is 1. The van der Waals surface area contributed by atoms with Gasteiger partial charge in [0.25, 0.3) is 0 Å². The Balaban J connectivity index is 2.36. The second kappa shape index (κ2) is 4.77. The van der Waals surface area contributed by atoms with Crippen molar-refractivity contribution in [1.82, 2.24) is 0 Å². The first-order valence-electron chi connectivity index (χ1n) is 7.18. The lowest BCUT2D eigenvalue weighted by Crippen LogP contribution is -2.53. The number of carbonyl (C=O) groups excluding carboxylic acids is 2. The van der Waals surface area contributed by atoms with Crippen molar-refractivity contribution in [2.75, 3.05) is 7.11 Å². The van der Waals surface area contributed by atoms with Crippen molar-refractivity contribution in [3.05, 3.63) is 11.6 Å². The molecule has 2 rings (SSSR count). The lowest BCUT2D eigenvalue weighted by atomic mass is 9.47. The van der Waals surface area contributed by atoms with E-state index in [0.717, 1.165) is 19.3 Å². The number of Topliss-reactive ketones (excluding diaryl/α,β-unsaturated/α-hetero) is 1. The van der Waals surface area contributed by atoms with Gasteiger partial charge in [0.05, 0.1) is 7.11 Å².